The number of nitrogens with two attached hydrogens (primary N) is 1. The molecule has 1 fully saturated rings. The van der Waals surface area contributed by atoms with E-state index in [2.05, 4.69) is 20.3 Å². The number of thiazole rings is 1. The minimum atomic E-state index is -4.62. The second-order valence-electron chi connectivity index (χ2n) is 6.10. The Morgan fingerprint density at radius 3 is 2.44 bits per heavy atom. The van der Waals surface area contributed by atoms with E-state index >= 15 is 0 Å². The van der Waals surface area contributed by atoms with Crippen molar-refractivity contribution in [1.82, 2.24) is 19.3 Å². The predicted octanol–water partition coefficient (Wildman–Crippen LogP) is 2.04. The maximum absolute atomic E-state index is 13.3. The molecule has 1 aliphatic heterocycles. The van der Waals surface area contributed by atoms with Gasteiger partial charge in [0, 0.05) is 31.5 Å². The summed E-state index contributed by atoms with van der Waals surface area (Å²) in [6.07, 6.45) is -0.501. The molecule has 2 aromatic heterocycles. The zero-order chi connectivity index (χ0) is 19.8. The zero-order valence-corrected chi connectivity index (χ0v) is 15.8. The van der Waals surface area contributed by atoms with Gasteiger partial charge >= 0.3 is 6.18 Å². The topological polar surface area (TPSA) is 114 Å². The van der Waals surface area contributed by atoms with E-state index in [9.17, 15) is 21.6 Å². The molecule has 0 spiro atoms. The van der Waals surface area contributed by atoms with Crippen LogP contribution in [0.5, 0.6) is 0 Å². The summed E-state index contributed by atoms with van der Waals surface area (Å²) in [5, 5.41) is 3.13. The predicted molar refractivity (Wildman–Crippen MR) is 95.6 cm³/mol. The smallest absolute Gasteiger partial charge is 0.375 e. The zero-order valence-electron chi connectivity index (χ0n) is 14.2. The molecular weight excluding hydrogens is 405 g/mol. The van der Waals surface area contributed by atoms with Crippen molar-refractivity contribution in [3.8, 4) is 10.6 Å². The summed E-state index contributed by atoms with van der Waals surface area (Å²) in [6.45, 7) is 0.657. The highest BCUT2D eigenvalue weighted by molar-refractivity contribution is 7.88. The average molecular weight is 422 g/mol. The highest BCUT2D eigenvalue weighted by atomic mass is 32.2. The fourth-order valence-electron chi connectivity index (χ4n) is 2.76. The molecule has 3 rings (SSSR count). The molecule has 27 heavy (non-hydrogen) atoms. The van der Waals surface area contributed by atoms with E-state index in [-0.39, 0.29) is 27.7 Å². The molecule has 8 nitrogen and oxygen atoms in total. The van der Waals surface area contributed by atoms with Gasteiger partial charge in [0.2, 0.25) is 16.0 Å². The Bertz CT molecular complexity index is 923. The second kappa shape index (κ2) is 7.20. The standard InChI is InChI=1S/C14H17F3N6O2S2/c1-27(24,25)23-4-2-8(3-5-23)21-13-20-6-9(14(15,16)17)11(22-13)10-7-19-12(18)26-10/h6-8H,2-5H2,1H3,(H2,18,19)(H,20,21,22). The van der Waals surface area contributed by atoms with Crippen LogP contribution in [0.3, 0.4) is 0 Å². The summed E-state index contributed by atoms with van der Waals surface area (Å²) < 4.78 is 64.3. The first-order chi connectivity index (χ1) is 12.5. The fourth-order valence-corrected chi connectivity index (χ4v) is 4.32. The van der Waals surface area contributed by atoms with Crippen molar-refractivity contribution in [2.75, 3.05) is 30.4 Å². The van der Waals surface area contributed by atoms with Crippen LogP contribution in [0.15, 0.2) is 12.4 Å². The summed E-state index contributed by atoms with van der Waals surface area (Å²) in [6, 6.07) is -0.140. The molecule has 0 atom stereocenters. The molecule has 0 saturated carbocycles. The van der Waals surface area contributed by atoms with E-state index in [0.717, 1.165) is 23.8 Å². The van der Waals surface area contributed by atoms with Gasteiger partial charge in [0.25, 0.3) is 0 Å². The Balaban J connectivity index is 1.81. The van der Waals surface area contributed by atoms with Crippen LogP contribution in [0, 0.1) is 0 Å². The summed E-state index contributed by atoms with van der Waals surface area (Å²) in [7, 11) is -3.25. The second-order valence-corrected chi connectivity index (χ2v) is 9.14. The lowest BCUT2D eigenvalue weighted by Crippen LogP contribution is -2.42. The molecule has 148 valence electrons. The van der Waals surface area contributed by atoms with E-state index in [4.69, 9.17) is 5.73 Å². The van der Waals surface area contributed by atoms with Crippen LogP contribution in [0.1, 0.15) is 18.4 Å². The molecule has 13 heteroatoms. The van der Waals surface area contributed by atoms with Gasteiger partial charge in [-0.3, -0.25) is 0 Å². The van der Waals surface area contributed by atoms with E-state index < -0.39 is 21.8 Å². The first kappa shape index (κ1) is 19.8. The summed E-state index contributed by atoms with van der Waals surface area (Å²) in [5.41, 5.74) is 4.27. The molecule has 0 aliphatic carbocycles. The van der Waals surface area contributed by atoms with Gasteiger partial charge in [-0.2, -0.15) is 13.2 Å². The van der Waals surface area contributed by atoms with Crippen molar-refractivity contribution < 1.29 is 21.6 Å². The SMILES string of the molecule is CS(=O)(=O)N1CCC(Nc2ncc(C(F)(F)F)c(-c3cnc(N)s3)n2)CC1. The van der Waals surface area contributed by atoms with Gasteiger partial charge in [-0.1, -0.05) is 11.3 Å². The van der Waals surface area contributed by atoms with E-state index in [1.807, 2.05) is 0 Å². The molecule has 2 aromatic rings. The number of halogens is 3. The third-order valence-corrected chi connectivity index (χ3v) is 6.24. The molecule has 3 heterocycles. The minimum absolute atomic E-state index is 0.0442. The Morgan fingerprint density at radius 1 is 1.26 bits per heavy atom. The molecule has 0 unspecified atom stereocenters. The average Bonchev–Trinajstić information content (AvgIpc) is 3.00. The van der Waals surface area contributed by atoms with Gasteiger partial charge in [-0.15, -0.1) is 0 Å². The Hall–Kier alpha value is -1.99. The van der Waals surface area contributed by atoms with Crippen LogP contribution < -0.4 is 11.1 Å². The van der Waals surface area contributed by atoms with Crippen LogP contribution in [0.25, 0.3) is 10.6 Å². The molecule has 1 aliphatic rings. The molecule has 0 bridgehead atoms. The summed E-state index contributed by atoms with van der Waals surface area (Å²) in [5.74, 6) is 0.0442. The number of hydrogen-bond acceptors (Lipinski definition) is 8. The number of sulfonamides is 1. The maximum atomic E-state index is 13.3. The molecule has 0 radical (unpaired) electrons. The summed E-state index contributed by atoms with van der Waals surface area (Å²) >= 11 is 0.904. The van der Waals surface area contributed by atoms with Gasteiger partial charge in [-0.05, 0) is 12.8 Å². The number of alkyl halides is 3. The van der Waals surface area contributed by atoms with Gasteiger partial charge in [0.15, 0.2) is 5.13 Å². The summed E-state index contributed by atoms with van der Waals surface area (Å²) in [4.78, 5) is 11.8. The number of nitrogen functional groups attached to an aromatic ring is 1. The van der Waals surface area contributed by atoms with E-state index in [1.54, 1.807) is 0 Å². The van der Waals surface area contributed by atoms with Crippen molar-refractivity contribution in [2.45, 2.75) is 25.1 Å². The maximum Gasteiger partial charge on any atom is 0.420 e. The Morgan fingerprint density at radius 2 is 1.93 bits per heavy atom. The number of hydrogen-bond donors (Lipinski definition) is 2. The first-order valence-electron chi connectivity index (χ1n) is 7.91. The highest BCUT2D eigenvalue weighted by Crippen LogP contribution is 2.38. The van der Waals surface area contributed by atoms with Crippen LogP contribution >= 0.6 is 11.3 Å². The lowest BCUT2D eigenvalue weighted by molar-refractivity contribution is -0.137. The van der Waals surface area contributed by atoms with Crippen LogP contribution in [-0.2, 0) is 16.2 Å². The Kier molecular flexibility index (Phi) is 5.27. The van der Waals surface area contributed by atoms with Crippen LogP contribution in [0.2, 0.25) is 0 Å². The fraction of sp³-hybridized carbons (Fsp3) is 0.500. The van der Waals surface area contributed by atoms with Gasteiger partial charge in [0.05, 0.1) is 16.8 Å². The number of rotatable bonds is 4. The number of nitrogens with zero attached hydrogens (tertiary/aromatic N) is 4. The van der Waals surface area contributed by atoms with Crippen molar-refractivity contribution >= 4 is 32.4 Å². The molecule has 0 aromatic carbocycles. The number of nitrogens with one attached hydrogen (secondary N) is 1. The Labute approximate surface area is 157 Å². The van der Waals surface area contributed by atoms with E-state index in [1.165, 1.54) is 10.5 Å². The molecule has 3 N–H and O–H groups in total. The third kappa shape index (κ3) is 4.65. The van der Waals surface area contributed by atoms with Crippen molar-refractivity contribution in [3.63, 3.8) is 0 Å². The van der Waals surface area contributed by atoms with Gasteiger partial charge in [0.1, 0.15) is 5.56 Å². The number of piperidine rings is 1. The van der Waals surface area contributed by atoms with E-state index in [0.29, 0.717) is 25.9 Å². The molecule has 1 saturated heterocycles. The van der Waals surface area contributed by atoms with Crippen LogP contribution in [0.4, 0.5) is 24.3 Å². The highest BCUT2D eigenvalue weighted by Gasteiger charge is 2.36. The normalized spacial score (nSPS) is 17.2. The number of anilines is 2. The largest absolute Gasteiger partial charge is 0.420 e. The number of aromatic nitrogens is 3. The third-order valence-electron chi connectivity index (χ3n) is 4.11. The lowest BCUT2D eigenvalue weighted by Gasteiger charge is -2.30. The van der Waals surface area contributed by atoms with Gasteiger partial charge < -0.3 is 11.1 Å². The first-order valence-corrected chi connectivity index (χ1v) is 10.6. The van der Waals surface area contributed by atoms with Crippen molar-refractivity contribution in [3.05, 3.63) is 18.0 Å². The van der Waals surface area contributed by atoms with Crippen LogP contribution in [-0.4, -0.2) is 53.1 Å². The quantitative estimate of drug-likeness (QED) is 0.775. The molecular formula is C14H17F3N6O2S2. The van der Waals surface area contributed by atoms with Gasteiger partial charge in [-0.25, -0.2) is 27.7 Å². The monoisotopic (exact) mass is 422 g/mol. The minimum Gasteiger partial charge on any atom is -0.375 e. The molecule has 0 amide bonds. The van der Waals surface area contributed by atoms with Crippen molar-refractivity contribution in [2.24, 2.45) is 0 Å². The lowest BCUT2D eigenvalue weighted by atomic mass is 10.1. The van der Waals surface area contributed by atoms with Crippen molar-refractivity contribution in [1.29, 1.82) is 0 Å².